The molecule has 0 amide bonds. The maximum Gasteiger partial charge on any atom is 0.586 e. The van der Waals surface area contributed by atoms with Gasteiger partial charge in [-0.15, -0.1) is 13.9 Å². The summed E-state index contributed by atoms with van der Waals surface area (Å²) in [6, 6.07) is 3.02. The molecule has 5 rings (SSSR count). The van der Waals surface area contributed by atoms with E-state index in [0.717, 1.165) is 19.3 Å². The predicted octanol–water partition coefficient (Wildman–Crippen LogP) is 2.52. The van der Waals surface area contributed by atoms with E-state index in [1.54, 1.807) is 6.07 Å². The second-order valence-electron chi connectivity index (χ2n) is 6.68. The molecule has 0 atom stereocenters. The molecule has 1 aliphatic carbocycles. The topological polar surface area (TPSA) is 87.6 Å². The highest BCUT2D eigenvalue weighted by Crippen LogP contribution is 2.48. The molecule has 124 valence electrons. The highest BCUT2D eigenvalue weighted by molar-refractivity contribution is 5.97. The van der Waals surface area contributed by atoms with E-state index in [0.29, 0.717) is 16.9 Å². The van der Waals surface area contributed by atoms with E-state index in [9.17, 15) is 8.78 Å². The van der Waals surface area contributed by atoms with Gasteiger partial charge in [-0.25, -0.2) is 9.97 Å². The van der Waals surface area contributed by atoms with E-state index in [1.807, 2.05) is 0 Å². The summed E-state index contributed by atoms with van der Waals surface area (Å²) in [6.45, 7) is 2.18. The minimum Gasteiger partial charge on any atom is -0.395 e. The van der Waals surface area contributed by atoms with E-state index in [2.05, 4.69) is 31.5 Å². The standard InChI is InChI=1S/C15H13F2N5O2/c1-14(4-5-14)6-9-19-12-7-2-3-8-11(24-15(16,17)23-8)10(7)20-13(18)22(12)21-9/h2-3H,4-6H2,1H3,(H2,18,20). The second kappa shape index (κ2) is 4.03. The minimum atomic E-state index is -3.71. The summed E-state index contributed by atoms with van der Waals surface area (Å²) >= 11 is 0. The van der Waals surface area contributed by atoms with Gasteiger partial charge in [0.2, 0.25) is 5.95 Å². The zero-order valence-electron chi connectivity index (χ0n) is 12.7. The molecule has 2 aliphatic rings. The van der Waals surface area contributed by atoms with Gasteiger partial charge in [0, 0.05) is 11.8 Å². The number of ether oxygens (including phenoxy) is 2. The van der Waals surface area contributed by atoms with Crippen molar-refractivity contribution in [2.45, 2.75) is 32.5 Å². The Labute approximate surface area is 134 Å². The van der Waals surface area contributed by atoms with Crippen LogP contribution in [0.25, 0.3) is 16.6 Å². The number of nitrogens with zero attached hydrogens (tertiary/aromatic N) is 4. The fourth-order valence-corrected chi connectivity index (χ4v) is 2.99. The number of aromatic nitrogens is 4. The molecule has 3 heterocycles. The van der Waals surface area contributed by atoms with Crippen LogP contribution in [0, 0.1) is 5.41 Å². The van der Waals surface area contributed by atoms with Crippen LogP contribution >= 0.6 is 0 Å². The van der Waals surface area contributed by atoms with E-state index in [1.165, 1.54) is 10.6 Å². The zero-order chi connectivity index (χ0) is 16.7. The molecule has 24 heavy (non-hydrogen) atoms. The molecule has 1 saturated carbocycles. The van der Waals surface area contributed by atoms with Crippen molar-refractivity contribution in [3.8, 4) is 11.5 Å². The summed E-state index contributed by atoms with van der Waals surface area (Å²) in [7, 11) is 0. The molecule has 1 aliphatic heterocycles. The molecule has 1 fully saturated rings. The molecule has 9 heteroatoms. The number of fused-ring (bicyclic) bond motifs is 5. The number of benzene rings is 1. The lowest BCUT2D eigenvalue weighted by atomic mass is 10.1. The van der Waals surface area contributed by atoms with Crippen LogP contribution in [0.1, 0.15) is 25.6 Å². The van der Waals surface area contributed by atoms with Gasteiger partial charge in [0.15, 0.2) is 23.0 Å². The fourth-order valence-electron chi connectivity index (χ4n) is 2.99. The van der Waals surface area contributed by atoms with Gasteiger partial charge in [-0.2, -0.15) is 4.52 Å². The summed E-state index contributed by atoms with van der Waals surface area (Å²) in [5.74, 6) is 0.516. The van der Waals surface area contributed by atoms with Crippen molar-refractivity contribution < 1.29 is 18.3 Å². The molecule has 3 aromatic rings. The van der Waals surface area contributed by atoms with E-state index in [4.69, 9.17) is 5.73 Å². The molecule has 7 nitrogen and oxygen atoms in total. The number of anilines is 1. The predicted molar refractivity (Wildman–Crippen MR) is 79.9 cm³/mol. The number of nitrogens with two attached hydrogens (primary N) is 1. The number of nitrogen functional groups attached to an aromatic ring is 1. The maximum atomic E-state index is 13.3. The van der Waals surface area contributed by atoms with Gasteiger partial charge >= 0.3 is 6.29 Å². The Morgan fingerprint density at radius 3 is 2.79 bits per heavy atom. The molecule has 0 spiro atoms. The molecule has 2 aromatic heterocycles. The molecule has 0 radical (unpaired) electrons. The molecule has 0 unspecified atom stereocenters. The quantitative estimate of drug-likeness (QED) is 0.775. The van der Waals surface area contributed by atoms with Gasteiger partial charge in [0.05, 0.1) is 0 Å². The van der Waals surface area contributed by atoms with Crippen LogP contribution in [0.2, 0.25) is 0 Å². The first kappa shape index (κ1) is 13.7. The molecular formula is C15H13F2N5O2. The third kappa shape index (κ3) is 1.90. The Bertz CT molecular complexity index is 1010. The first-order chi connectivity index (χ1) is 11.3. The van der Waals surface area contributed by atoms with Crippen molar-refractivity contribution in [3.63, 3.8) is 0 Å². The van der Waals surface area contributed by atoms with Crippen molar-refractivity contribution in [2.24, 2.45) is 5.41 Å². The first-order valence-electron chi connectivity index (χ1n) is 7.57. The summed E-state index contributed by atoms with van der Waals surface area (Å²) < 4.78 is 37.1. The minimum absolute atomic E-state index is 0.0596. The highest BCUT2D eigenvalue weighted by atomic mass is 19.3. The van der Waals surface area contributed by atoms with Crippen LogP contribution < -0.4 is 15.2 Å². The van der Waals surface area contributed by atoms with Gasteiger partial charge in [-0.3, -0.25) is 0 Å². The van der Waals surface area contributed by atoms with E-state index < -0.39 is 6.29 Å². The second-order valence-corrected chi connectivity index (χ2v) is 6.68. The Hall–Kier alpha value is -2.71. The Kier molecular flexibility index (Phi) is 2.30. The lowest BCUT2D eigenvalue weighted by Crippen LogP contribution is -2.26. The third-order valence-corrected chi connectivity index (χ3v) is 4.57. The van der Waals surface area contributed by atoms with Crippen LogP contribution in [0.3, 0.4) is 0 Å². The van der Waals surface area contributed by atoms with Gasteiger partial charge in [-0.1, -0.05) is 6.92 Å². The average Bonchev–Trinajstić information content (AvgIpc) is 2.93. The van der Waals surface area contributed by atoms with Crippen molar-refractivity contribution in [3.05, 3.63) is 18.0 Å². The summed E-state index contributed by atoms with van der Waals surface area (Å²) in [5, 5.41) is 4.94. The Balaban J connectivity index is 1.73. The van der Waals surface area contributed by atoms with Crippen molar-refractivity contribution >= 4 is 22.5 Å². The Morgan fingerprint density at radius 1 is 1.25 bits per heavy atom. The number of rotatable bonds is 2. The average molecular weight is 333 g/mol. The van der Waals surface area contributed by atoms with Crippen LogP contribution in [0.4, 0.5) is 14.7 Å². The van der Waals surface area contributed by atoms with Crippen LogP contribution in [0.5, 0.6) is 11.5 Å². The molecule has 1 aromatic carbocycles. The summed E-state index contributed by atoms with van der Waals surface area (Å²) in [4.78, 5) is 8.70. The molecule has 0 bridgehead atoms. The largest absolute Gasteiger partial charge is 0.586 e. The summed E-state index contributed by atoms with van der Waals surface area (Å²) in [6.07, 6.45) is -0.674. The Morgan fingerprint density at radius 2 is 2.04 bits per heavy atom. The number of hydrogen-bond acceptors (Lipinski definition) is 6. The van der Waals surface area contributed by atoms with E-state index in [-0.39, 0.29) is 28.4 Å². The SMILES string of the molecule is CC1(Cc2nc3c4ccc5c(c4nc(N)n3n2)OC(F)(F)O5)CC1. The zero-order valence-corrected chi connectivity index (χ0v) is 12.7. The summed E-state index contributed by atoms with van der Waals surface area (Å²) in [5.41, 5.74) is 6.84. The van der Waals surface area contributed by atoms with Crippen molar-refractivity contribution in [2.75, 3.05) is 5.73 Å². The lowest BCUT2D eigenvalue weighted by Gasteiger charge is -2.05. The van der Waals surface area contributed by atoms with Gasteiger partial charge in [-0.05, 0) is 30.4 Å². The monoisotopic (exact) mass is 333 g/mol. The molecule has 2 N–H and O–H groups in total. The first-order valence-corrected chi connectivity index (χ1v) is 7.57. The van der Waals surface area contributed by atoms with Crippen molar-refractivity contribution in [1.82, 2.24) is 19.6 Å². The van der Waals surface area contributed by atoms with Crippen LogP contribution in [0.15, 0.2) is 12.1 Å². The van der Waals surface area contributed by atoms with Gasteiger partial charge in [0.25, 0.3) is 0 Å². The van der Waals surface area contributed by atoms with Gasteiger partial charge in [0.1, 0.15) is 5.52 Å². The fraction of sp³-hybridized carbons (Fsp3) is 0.400. The highest BCUT2D eigenvalue weighted by Gasteiger charge is 2.45. The van der Waals surface area contributed by atoms with Gasteiger partial charge < -0.3 is 15.2 Å². The number of halogens is 2. The molecular weight excluding hydrogens is 320 g/mol. The molecule has 0 saturated heterocycles. The van der Waals surface area contributed by atoms with Crippen LogP contribution in [-0.2, 0) is 6.42 Å². The number of hydrogen-bond donors (Lipinski definition) is 1. The number of alkyl halides is 2. The van der Waals surface area contributed by atoms with Crippen LogP contribution in [-0.4, -0.2) is 25.9 Å². The van der Waals surface area contributed by atoms with E-state index >= 15 is 0 Å². The maximum absolute atomic E-state index is 13.3. The third-order valence-electron chi connectivity index (χ3n) is 4.57. The smallest absolute Gasteiger partial charge is 0.395 e. The normalized spacial score (nSPS) is 20.0. The lowest BCUT2D eigenvalue weighted by molar-refractivity contribution is -0.286. The van der Waals surface area contributed by atoms with Crippen molar-refractivity contribution in [1.29, 1.82) is 0 Å².